The highest BCUT2D eigenvalue weighted by molar-refractivity contribution is 7.90. The second-order valence-electron chi connectivity index (χ2n) is 7.32. The normalized spacial score (nSPS) is 12.2. The first-order valence-corrected chi connectivity index (χ1v) is 11.8. The average molecular weight is 493 g/mol. The van der Waals surface area contributed by atoms with Crippen molar-refractivity contribution in [1.29, 1.82) is 0 Å². The molecule has 0 aliphatic heterocycles. The highest BCUT2D eigenvalue weighted by atomic mass is 35.5. The zero-order valence-corrected chi connectivity index (χ0v) is 18.9. The number of ether oxygens (including phenoxy) is 1. The van der Waals surface area contributed by atoms with Crippen LogP contribution in [-0.4, -0.2) is 24.6 Å². The van der Waals surface area contributed by atoms with Crippen LogP contribution in [0.25, 0.3) is 22.3 Å². The summed E-state index contributed by atoms with van der Waals surface area (Å²) in [6.07, 6.45) is -3.49. The van der Waals surface area contributed by atoms with Crippen molar-refractivity contribution in [1.82, 2.24) is 9.97 Å². The van der Waals surface area contributed by atoms with Crippen LogP contribution in [0.3, 0.4) is 0 Å². The molecule has 33 heavy (non-hydrogen) atoms. The lowest BCUT2D eigenvalue weighted by atomic mass is 10.1. The van der Waals surface area contributed by atoms with Gasteiger partial charge in [-0.05, 0) is 61.5 Å². The van der Waals surface area contributed by atoms with Gasteiger partial charge in [-0.25, -0.2) is 18.4 Å². The maximum Gasteiger partial charge on any atom is 0.418 e. The summed E-state index contributed by atoms with van der Waals surface area (Å²) in [6, 6.07) is 14.2. The number of halogens is 4. The molecule has 0 atom stereocenters. The molecule has 10 heteroatoms. The number of rotatable bonds is 4. The van der Waals surface area contributed by atoms with Gasteiger partial charge in [0.05, 0.1) is 32.4 Å². The summed E-state index contributed by atoms with van der Waals surface area (Å²) in [5.41, 5.74) is -0.0839. The molecule has 0 N–H and O–H groups in total. The molecule has 5 nitrogen and oxygen atoms in total. The van der Waals surface area contributed by atoms with Crippen LogP contribution >= 0.6 is 11.6 Å². The molecule has 4 rings (SSSR count). The first-order chi connectivity index (χ1) is 15.4. The van der Waals surface area contributed by atoms with Crippen LogP contribution < -0.4 is 4.74 Å². The molecule has 1 aromatic heterocycles. The zero-order valence-electron chi connectivity index (χ0n) is 17.3. The van der Waals surface area contributed by atoms with Crippen LogP contribution in [0.5, 0.6) is 11.5 Å². The molecule has 0 aliphatic carbocycles. The predicted molar refractivity (Wildman–Crippen MR) is 119 cm³/mol. The van der Waals surface area contributed by atoms with E-state index in [4.69, 9.17) is 16.3 Å². The third-order valence-electron chi connectivity index (χ3n) is 4.86. The monoisotopic (exact) mass is 492 g/mol. The van der Waals surface area contributed by atoms with E-state index in [2.05, 4.69) is 9.97 Å². The molecule has 0 unspecified atom stereocenters. The smallest absolute Gasteiger partial charge is 0.418 e. The summed E-state index contributed by atoms with van der Waals surface area (Å²) in [7, 11) is -3.35. The Bertz CT molecular complexity index is 1470. The van der Waals surface area contributed by atoms with Crippen LogP contribution in [0.2, 0.25) is 5.02 Å². The van der Waals surface area contributed by atoms with Crippen molar-refractivity contribution in [2.75, 3.05) is 6.26 Å². The lowest BCUT2D eigenvalue weighted by Crippen LogP contribution is -2.08. The zero-order chi connectivity index (χ0) is 24.0. The number of aromatic nitrogens is 2. The summed E-state index contributed by atoms with van der Waals surface area (Å²) < 4.78 is 69.5. The summed E-state index contributed by atoms with van der Waals surface area (Å²) in [5, 5.41) is 0.260. The van der Waals surface area contributed by atoms with E-state index < -0.39 is 21.6 Å². The molecule has 0 fully saturated rings. The van der Waals surface area contributed by atoms with Crippen molar-refractivity contribution in [3.8, 4) is 22.8 Å². The third kappa shape index (κ3) is 4.79. The summed E-state index contributed by atoms with van der Waals surface area (Å²) in [4.78, 5) is 8.71. The number of nitrogens with zero attached hydrogens (tertiary/aromatic N) is 2. The second-order valence-corrected chi connectivity index (χ2v) is 9.74. The van der Waals surface area contributed by atoms with Gasteiger partial charge in [-0.15, -0.1) is 0 Å². The molecular weight excluding hydrogens is 477 g/mol. The second kappa shape index (κ2) is 8.31. The number of hydrogen-bond acceptors (Lipinski definition) is 5. The van der Waals surface area contributed by atoms with E-state index in [0.717, 1.165) is 12.3 Å². The van der Waals surface area contributed by atoms with E-state index in [-0.39, 0.29) is 26.6 Å². The van der Waals surface area contributed by atoms with Crippen LogP contribution in [0, 0.1) is 6.92 Å². The third-order valence-corrected chi connectivity index (χ3v) is 6.31. The predicted octanol–water partition coefficient (Wildman–Crippen LogP) is 6.47. The van der Waals surface area contributed by atoms with Crippen molar-refractivity contribution in [2.24, 2.45) is 0 Å². The molecule has 0 amide bonds. The maximum absolute atomic E-state index is 13.5. The van der Waals surface area contributed by atoms with E-state index in [1.54, 1.807) is 19.1 Å². The van der Waals surface area contributed by atoms with Gasteiger partial charge in [0.15, 0.2) is 9.84 Å². The van der Waals surface area contributed by atoms with Gasteiger partial charge in [0.2, 0.25) is 0 Å². The Morgan fingerprint density at radius 1 is 0.939 bits per heavy atom. The quantitative estimate of drug-likeness (QED) is 0.326. The van der Waals surface area contributed by atoms with E-state index in [1.165, 1.54) is 42.5 Å². The number of sulfone groups is 1. The summed E-state index contributed by atoms with van der Waals surface area (Å²) >= 11 is 6.35. The number of benzene rings is 3. The Balaban J connectivity index is 1.77. The van der Waals surface area contributed by atoms with Gasteiger partial charge in [0, 0.05) is 11.8 Å². The number of para-hydroxylation sites is 1. The Morgan fingerprint density at radius 3 is 2.24 bits per heavy atom. The van der Waals surface area contributed by atoms with Crippen molar-refractivity contribution < 1.29 is 26.3 Å². The molecule has 0 spiro atoms. The number of aryl methyl sites for hydroxylation is 1. The SMILES string of the molecule is Cc1nc2cccc(C(F)(F)F)c2nc1-c1cc(Oc2ccc(S(C)(=O)=O)cc2)ccc1Cl. The van der Waals surface area contributed by atoms with Crippen LogP contribution in [0.15, 0.2) is 65.6 Å². The molecule has 0 aliphatic rings. The van der Waals surface area contributed by atoms with Crippen LogP contribution in [0.4, 0.5) is 13.2 Å². The average Bonchev–Trinajstić information content (AvgIpc) is 2.73. The largest absolute Gasteiger partial charge is 0.457 e. The van der Waals surface area contributed by atoms with E-state index in [1.807, 2.05) is 0 Å². The maximum atomic E-state index is 13.5. The highest BCUT2D eigenvalue weighted by Gasteiger charge is 2.33. The first kappa shape index (κ1) is 23.0. The van der Waals surface area contributed by atoms with Gasteiger partial charge in [-0.1, -0.05) is 17.7 Å². The lowest BCUT2D eigenvalue weighted by Gasteiger charge is -2.14. The van der Waals surface area contributed by atoms with E-state index >= 15 is 0 Å². The van der Waals surface area contributed by atoms with Crippen molar-refractivity contribution in [3.63, 3.8) is 0 Å². The molecule has 0 saturated carbocycles. The summed E-state index contributed by atoms with van der Waals surface area (Å²) in [5.74, 6) is 0.711. The molecule has 1 heterocycles. The Kier molecular flexibility index (Phi) is 5.79. The molecule has 170 valence electrons. The van der Waals surface area contributed by atoms with Gasteiger partial charge in [0.1, 0.15) is 17.0 Å². The van der Waals surface area contributed by atoms with E-state index in [9.17, 15) is 21.6 Å². The van der Waals surface area contributed by atoms with E-state index in [0.29, 0.717) is 22.8 Å². The minimum absolute atomic E-state index is 0.126. The molecular formula is C23H16ClF3N2O3S. The minimum atomic E-state index is -4.59. The lowest BCUT2D eigenvalue weighted by molar-refractivity contribution is -0.136. The fourth-order valence-corrected chi connectivity index (χ4v) is 4.13. The fourth-order valence-electron chi connectivity index (χ4n) is 3.29. The van der Waals surface area contributed by atoms with Gasteiger partial charge in [-0.3, -0.25) is 0 Å². The number of hydrogen-bond donors (Lipinski definition) is 0. The summed E-state index contributed by atoms with van der Waals surface area (Å²) in [6.45, 7) is 1.63. The van der Waals surface area contributed by atoms with Gasteiger partial charge >= 0.3 is 6.18 Å². The first-order valence-electron chi connectivity index (χ1n) is 9.56. The van der Waals surface area contributed by atoms with Crippen molar-refractivity contribution in [3.05, 3.63) is 76.9 Å². The molecule has 3 aromatic carbocycles. The van der Waals surface area contributed by atoms with Crippen molar-refractivity contribution >= 4 is 32.5 Å². The van der Waals surface area contributed by atoms with Crippen molar-refractivity contribution in [2.45, 2.75) is 18.0 Å². The molecule has 0 bridgehead atoms. The Hall–Kier alpha value is -3.17. The number of fused-ring (bicyclic) bond motifs is 1. The minimum Gasteiger partial charge on any atom is -0.457 e. The Morgan fingerprint density at radius 2 is 1.61 bits per heavy atom. The molecule has 0 saturated heterocycles. The number of alkyl halides is 3. The molecule has 4 aromatic rings. The highest BCUT2D eigenvalue weighted by Crippen LogP contribution is 2.37. The van der Waals surface area contributed by atoms with Crippen LogP contribution in [-0.2, 0) is 16.0 Å². The van der Waals surface area contributed by atoms with Crippen LogP contribution in [0.1, 0.15) is 11.3 Å². The topological polar surface area (TPSA) is 69.2 Å². The Labute approximate surface area is 192 Å². The van der Waals surface area contributed by atoms with Gasteiger partial charge in [0.25, 0.3) is 0 Å². The van der Waals surface area contributed by atoms with Gasteiger partial charge in [-0.2, -0.15) is 13.2 Å². The standard InChI is InChI=1S/C23H16ClF3N2O3S/c1-13-21(29-22-18(23(25,26)27)4-3-5-20(22)28-13)17-12-15(8-11-19(17)24)32-14-6-9-16(10-7-14)33(2,30)31/h3-12H,1-2H3. The van der Waals surface area contributed by atoms with Gasteiger partial charge < -0.3 is 4.74 Å². The fraction of sp³-hybridized carbons (Fsp3) is 0.130. The molecule has 0 radical (unpaired) electrons.